The fourth-order valence-corrected chi connectivity index (χ4v) is 1.53. The predicted octanol–water partition coefficient (Wildman–Crippen LogP) is 3.61. The second kappa shape index (κ2) is 8.00. The van der Waals surface area contributed by atoms with Gasteiger partial charge in [0.05, 0.1) is 0 Å². The van der Waals surface area contributed by atoms with Crippen LogP contribution in [-0.2, 0) is 11.2 Å². The molecule has 2 N–H and O–H groups in total. The summed E-state index contributed by atoms with van der Waals surface area (Å²) in [6.45, 7) is 3.57. The summed E-state index contributed by atoms with van der Waals surface area (Å²) in [6, 6.07) is 14.0. The molecule has 0 aliphatic rings. The quantitative estimate of drug-likeness (QED) is 0.897. The van der Waals surface area contributed by atoms with Crippen molar-refractivity contribution in [3.63, 3.8) is 0 Å². The Bertz CT molecular complexity index is 506. The molecule has 20 heavy (non-hydrogen) atoms. The van der Waals surface area contributed by atoms with Crippen molar-refractivity contribution in [2.75, 3.05) is 0 Å². The molecule has 0 amide bonds. The summed E-state index contributed by atoms with van der Waals surface area (Å²) < 4.78 is 0. The van der Waals surface area contributed by atoms with Crippen LogP contribution in [0.4, 0.5) is 0 Å². The molecule has 0 fully saturated rings. The lowest BCUT2D eigenvalue weighted by Crippen LogP contribution is -1.93. The molecule has 0 spiro atoms. The fraction of sp³-hybridized carbons (Fsp3) is 0.235. The number of carbonyl (C=O) groups excluding carboxylic acids is 1. The van der Waals surface area contributed by atoms with Gasteiger partial charge in [0, 0.05) is 6.42 Å². The number of phenols is 2. The number of benzene rings is 2. The second-order valence-corrected chi connectivity index (χ2v) is 4.70. The zero-order valence-electron chi connectivity index (χ0n) is 11.8. The van der Waals surface area contributed by atoms with Gasteiger partial charge in [0.15, 0.2) is 0 Å². The van der Waals surface area contributed by atoms with Crippen LogP contribution in [0.1, 0.15) is 24.5 Å². The molecule has 3 heteroatoms. The van der Waals surface area contributed by atoms with Crippen molar-refractivity contribution < 1.29 is 15.0 Å². The number of phenolic OH excluding ortho intramolecular Hbond substituents is 2. The third kappa shape index (κ3) is 6.59. The molecule has 106 valence electrons. The minimum Gasteiger partial charge on any atom is -0.508 e. The zero-order chi connectivity index (χ0) is 15.0. The highest BCUT2D eigenvalue weighted by Gasteiger charge is 1.96. The molecule has 2 aromatic carbocycles. The van der Waals surface area contributed by atoms with Gasteiger partial charge in [-0.15, -0.1) is 0 Å². The van der Waals surface area contributed by atoms with Crippen molar-refractivity contribution in [1.82, 2.24) is 0 Å². The van der Waals surface area contributed by atoms with E-state index in [-0.39, 0.29) is 11.5 Å². The molecular weight excluding hydrogens is 252 g/mol. The maximum absolute atomic E-state index is 10.6. The normalized spacial score (nSPS) is 9.50. The van der Waals surface area contributed by atoms with Crippen molar-refractivity contribution in [2.45, 2.75) is 26.7 Å². The van der Waals surface area contributed by atoms with Crippen LogP contribution >= 0.6 is 0 Å². The van der Waals surface area contributed by atoms with E-state index in [2.05, 4.69) is 0 Å². The maximum Gasteiger partial charge on any atom is 0.130 e. The molecule has 0 aromatic heterocycles. The van der Waals surface area contributed by atoms with E-state index in [1.807, 2.05) is 31.2 Å². The van der Waals surface area contributed by atoms with E-state index in [1.165, 1.54) is 5.56 Å². The number of hydrogen-bond acceptors (Lipinski definition) is 3. The first-order valence-corrected chi connectivity index (χ1v) is 6.50. The first-order chi connectivity index (χ1) is 9.47. The Hall–Kier alpha value is -2.29. The summed E-state index contributed by atoms with van der Waals surface area (Å²) in [6.07, 6.45) is 1.33. The van der Waals surface area contributed by atoms with Gasteiger partial charge in [-0.05, 0) is 50.1 Å². The van der Waals surface area contributed by atoms with Crippen LogP contribution in [0.5, 0.6) is 11.5 Å². The number of Topliss-reactive ketones (excluding diaryl/α,β-unsaturated/α-hetero) is 1. The van der Waals surface area contributed by atoms with Gasteiger partial charge >= 0.3 is 0 Å². The first-order valence-electron chi connectivity index (χ1n) is 6.50. The Morgan fingerprint density at radius 3 is 1.75 bits per heavy atom. The minimum atomic E-state index is 0.197. The first kappa shape index (κ1) is 15.8. The van der Waals surface area contributed by atoms with Gasteiger partial charge in [-0.25, -0.2) is 0 Å². The van der Waals surface area contributed by atoms with Gasteiger partial charge < -0.3 is 15.0 Å². The average molecular weight is 272 g/mol. The van der Waals surface area contributed by atoms with Crippen LogP contribution in [0.25, 0.3) is 0 Å². The Labute approximate surface area is 119 Å². The van der Waals surface area contributed by atoms with E-state index < -0.39 is 0 Å². The summed E-state index contributed by atoms with van der Waals surface area (Å²) in [5, 5.41) is 17.7. The highest BCUT2D eigenvalue weighted by atomic mass is 16.3. The van der Waals surface area contributed by atoms with Crippen molar-refractivity contribution in [1.29, 1.82) is 0 Å². The second-order valence-electron chi connectivity index (χ2n) is 4.70. The number of aromatic hydroxyl groups is 2. The predicted molar refractivity (Wildman–Crippen MR) is 80.0 cm³/mol. The van der Waals surface area contributed by atoms with Crippen LogP contribution in [-0.4, -0.2) is 16.0 Å². The molecule has 0 aliphatic carbocycles. The van der Waals surface area contributed by atoms with Crippen molar-refractivity contribution in [3.05, 3.63) is 59.7 Å². The standard InChI is InChI=1S/C10H12O2.C7H8O/c1-8(11)2-3-9-4-6-10(12)7-5-9;1-6-2-4-7(8)5-3-6/h4-7,12H,2-3H2,1H3;2-5,8H,1H3. The monoisotopic (exact) mass is 272 g/mol. The van der Waals surface area contributed by atoms with Crippen LogP contribution < -0.4 is 0 Å². The average Bonchev–Trinajstić information content (AvgIpc) is 2.42. The molecule has 0 radical (unpaired) electrons. The fourth-order valence-electron chi connectivity index (χ4n) is 1.53. The topological polar surface area (TPSA) is 57.5 Å². The highest BCUT2D eigenvalue weighted by molar-refractivity contribution is 5.75. The van der Waals surface area contributed by atoms with Crippen LogP contribution in [0.3, 0.4) is 0 Å². The Balaban J connectivity index is 0.000000217. The van der Waals surface area contributed by atoms with Crippen LogP contribution in [0.15, 0.2) is 48.5 Å². The molecular formula is C17H20O3. The SMILES string of the molecule is CC(=O)CCc1ccc(O)cc1.Cc1ccc(O)cc1. The lowest BCUT2D eigenvalue weighted by atomic mass is 10.1. The van der Waals surface area contributed by atoms with Crippen molar-refractivity contribution in [2.24, 2.45) is 0 Å². The lowest BCUT2D eigenvalue weighted by Gasteiger charge is -1.98. The van der Waals surface area contributed by atoms with E-state index in [4.69, 9.17) is 10.2 Å². The van der Waals surface area contributed by atoms with E-state index in [0.717, 1.165) is 12.0 Å². The molecule has 0 aliphatic heterocycles. The molecule has 0 saturated heterocycles. The molecule has 2 aromatic rings. The Morgan fingerprint density at radius 2 is 1.35 bits per heavy atom. The summed E-state index contributed by atoms with van der Waals surface area (Å²) in [4.78, 5) is 10.6. The minimum absolute atomic E-state index is 0.197. The third-order valence-electron chi connectivity index (χ3n) is 2.74. The molecule has 0 heterocycles. The number of carbonyl (C=O) groups is 1. The third-order valence-corrected chi connectivity index (χ3v) is 2.74. The van der Waals surface area contributed by atoms with E-state index in [9.17, 15) is 4.79 Å². The molecule has 3 nitrogen and oxygen atoms in total. The van der Waals surface area contributed by atoms with E-state index in [0.29, 0.717) is 12.2 Å². The van der Waals surface area contributed by atoms with Gasteiger partial charge in [-0.2, -0.15) is 0 Å². The smallest absolute Gasteiger partial charge is 0.130 e. The van der Waals surface area contributed by atoms with Gasteiger partial charge in [0.2, 0.25) is 0 Å². The Morgan fingerprint density at radius 1 is 0.900 bits per heavy atom. The molecule has 0 bridgehead atoms. The van der Waals surface area contributed by atoms with Gasteiger partial charge in [-0.3, -0.25) is 0 Å². The van der Waals surface area contributed by atoms with Crippen LogP contribution in [0, 0.1) is 6.92 Å². The molecule has 0 saturated carbocycles. The number of ketones is 1. The number of rotatable bonds is 3. The largest absolute Gasteiger partial charge is 0.508 e. The van der Waals surface area contributed by atoms with Crippen LogP contribution in [0.2, 0.25) is 0 Å². The maximum atomic E-state index is 10.6. The summed E-state index contributed by atoms with van der Waals surface area (Å²) >= 11 is 0. The number of hydrogen-bond donors (Lipinski definition) is 2. The zero-order valence-corrected chi connectivity index (χ0v) is 11.8. The number of aryl methyl sites for hydroxylation is 2. The lowest BCUT2D eigenvalue weighted by molar-refractivity contribution is -0.116. The summed E-state index contributed by atoms with van der Waals surface area (Å²) in [7, 11) is 0. The van der Waals surface area contributed by atoms with Crippen molar-refractivity contribution in [3.8, 4) is 11.5 Å². The van der Waals surface area contributed by atoms with Gasteiger partial charge in [-0.1, -0.05) is 29.8 Å². The molecule has 0 unspecified atom stereocenters. The van der Waals surface area contributed by atoms with Gasteiger partial charge in [0.25, 0.3) is 0 Å². The summed E-state index contributed by atoms with van der Waals surface area (Å²) in [5.74, 6) is 0.792. The highest BCUT2D eigenvalue weighted by Crippen LogP contribution is 2.11. The van der Waals surface area contributed by atoms with E-state index >= 15 is 0 Å². The van der Waals surface area contributed by atoms with E-state index in [1.54, 1.807) is 31.2 Å². The molecule has 0 atom stereocenters. The molecule has 2 rings (SSSR count). The Kier molecular flexibility index (Phi) is 6.30. The van der Waals surface area contributed by atoms with Gasteiger partial charge in [0.1, 0.15) is 17.3 Å². The van der Waals surface area contributed by atoms with Crippen molar-refractivity contribution >= 4 is 5.78 Å². The summed E-state index contributed by atoms with van der Waals surface area (Å²) in [5.41, 5.74) is 2.26.